The van der Waals surface area contributed by atoms with E-state index >= 15 is 0 Å². The lowest BCUT2D eigenvalue weighted by atomic mass is 10.3. The van der Waals surface area contributed by atoms with E-state index in [1.165, 1.54) is 35.2 Å². The Morgan fingerprint density at radius 3 is 2.80 bits per heavy atom. The summed E-state index contributed by atoms with van der Waals surface area (Å²) in [6.45, 7) is 1.28. The number of benzene rings is 2. The number of fused-ring (bicyclic) bond motifs is 1. The van der Waals surface area contributed by atoms with Crippen LogP contribution in [-0.2, 0) is 11.3 Å². The first kappa shape index (κ1) is 20.8. The highest BCUT2D eigenvalue weighted by atomic mass is 35.5. The van der Waals surface area contributed by atoms with Gasteiger partial charge in [-0.1, -0.05) is 29.0 Å². The van der Waals surface area contributed by atoms with Gasteiger partial charge >= 0.3 is 0 Å². The molecule has 0 N–H and O–H groups in total. The van der Waals surface area contributed by atoms with Crippen LogP contribution in [0.15, 0.2) is 66.1 Å². The zero-order chi connectivity index (χ0) is 20.9. The van der Waals surface area contributed by atoms with Crippen LogP contribution in [0.5, 0.6) is 0 Å². The molecule has 0 radical (unpaired) electrons. The van der Waals surface area contributed by atoms with Crippen LogP contribution in [0.3, 0.4) is 0 Å². The van der Waals surface area contributed by atoms with Gasteiger partial charge in [-0.15, -0.1) is 11.8 Å². The largest absolute Gasteiger partial charge is 0.337 e. The molecule has 0 aliphatic carbocycles. The molecule has 0 atom stereocenters. The number of anilines is 1. The van der Waals surface area contributed by atoms with Gasteiger partial charge in [-0.25, -0.2) is 14.4 Å². The van der Waals surface area contributed by atoms with Crippen LogP contribution in [0, 0.1) is 5.82 Å². The molecule has 4 aromatic rings. The Morgan fingerprint density at radius 1 is 1.23 bits per heavy atom. The number of halogens is 2. The van der Waals surface area contributed by atoms with Crippen molar-refractivity contribution < 1.29 is 9.18 Å². The number of aryl methyl sites for hydroxylation is 1. The van der Waals surface area contributed by atoms with E-state index < -0.39 is 0 Å². The normalized spacial score (nSPS) is 11.1. The number of aromatic nitrogens is 3. The summed E-state index contributed by atoms with van der Waals surface area (Å²) in [7, 11) is 0. The van der Waals surface area contributed by atoms with Gasteiger partial charge in [0.1, 0.15) is 11.3 Å². The van der Waals surface area contributed by atoms with Crippen LogP contribution in [0.2, 0.25) is 5.02 Å². The lowest BCUT2D eigenvalue weighted by molar-refractivity contribution is -0.116. The minimum atomic E-state index is -0.293. The number of hydrogen-bond acceptors (Lipinski definition) is 5. The fourth-order valence-corrected chi connectivity index (χ4v) is 5.01. The fraction of sp³-hybridized carbons (Fsp3) is 0.190. The number of thioether (sulfide) groups is 1. The molecule has 4 rings (SSSR count). The number of para-hydroxylation sites is 1. The van der Waals surface area contributed by atoms with E-state index in [1.807, 2.05) is 22.9 Å². The molecule has 0 aliphatic rings. The predicted octanol–water partition coefficient (Wildman–Crippen LogP) is 5.50. The molecule has 0 spiro atoms. The second-order valence-corrected chi connectivity index (χ2v) is 8.99. The molecule has 2 aromatic carbocycles. The van der Waals surface area contributed by atoms with Gasteiger partial charge in [0.15, 0.2) is 5.13 Å². The zero-order valence-corrected chi connectivity index (χ0v) is 18.3. The average Bonchev–Trinajstić information content (AvgIpc) is 3.41. The maximum atomic E-state index is 13.1. The van der Waals surface area contributed by atoms with Gasteiger partial charge in [0.2, 0.25) is 5.91 Å². The maximum Gasteiger partial charge on any atom is 0.239 e. The van der Waals surface area contributed by atoms with E-state index in [4.69, 9.17) is 11.6 Å². The molecule has 1 amide bonds. The summed E-state index contributed by atoms with van der Waals surface area (Å²) in [5.41, 5.74) is 0.706. The lowest BCUT2D eigenvalue weighted by Gasteiger charge is -2.20. The highest BCUT2D eigenvalue weighted by Crippen LogP contribution is 2.33. The van der Waals surface area contributed by atoms with Crippen molar-refractivity contribution in [2.45, 2.75) is 17.9 Å². The van der Waals surface area contributed by atoms with Gasteiger partial charge in [0, 0.05) is 30.4 Å². The minimum Gasteiger partial charge on any atom is -0.337 e. The fourth-order valence-electron chi connectivity index (χ4n) is 2.93. The summed E-state index contributed by atoms with van der Waals surface area (Å²) >= 11 is 9.11. The number of hydrogen-bond donors (Lipinski definition) is 0. The first-order valence-corrected chi connectivity index (χ1v) is 11.5. The van der Waals surface area contributed by atoms with Gasteiger partial charge in [-0.3, -0.25) is 9.69 Å². The zero-order valence-electron chi connectivity index (χ0n) is 15.9. The monoisotopic (exact) mass is 460 g/mol. The third kappa shape index (κ3) is 5.00. The molecular formula is C21H18ClFN4OS2. The molecule has 0 saturated heterocycles. The molecule has 0 saturated carbocycles. The summed E-state index contributed by atoms with van der Waals surface area (Å²) in [5, 5.41) is 1.20. The Hall–Kier alpha value is -2.42. The molecule has 0 aliphatic heterocycles. The van der Waals surface area contributed by atoms with Gasteiger partial charge in [-0.2, -0.15) is 0 Å². The Bertz CT molecular complexity index is 1130. The number of imidazole rings is 1. The number of rotatable bonds is 8. The molecule has 2 heterocycles. The van der Waals surface area contributed by atoms with E-state index in [1.54, 1.807) is 35.6 Å². The summed E-state index contributed by atoms with van der Waals surface area (Å²) in [5.74, 6) is -0.108. The van der Waals surface area contributed by atoms with Crippen molar-refractivity contribution in [1.29, 1.82) is 0 Å². The van der Waals surface area contributed by atoms with E-state index in [0.717, 1.165) is 22.6 Å². The lowest BCUT2D eigenvalue weighted by Crippen LogP contribution is -2.33. The van der Waals surface area contributed by atoms with Crippen molar-refractivity contribution >= 4 is 56.0 Å². The second kappa shape index (κ2) is 9.59. The van der Waals surface area contributed by atoms with E-state index in [-0.39, 0.29) is 17.5 Å². The number of nitrogens with zero attached hydrogens (tertiary/aromatic N) is 4. The maximum absolute atomic E-state index is 13.1. The number of thiazole rings is 1. The van der Waals surface area contributed by atoms with Crippen LogP contribution >= 0.6 is 34.7 Å². The Kier molecular flexibility index (Phi) is 6.66. The van der Waals surface area contributed by atoms with Gasteiger partial charge in [-0.05, 0) is 42.8 Å². The molecular weight excluding hydrogens is 443 g/mol. The standard InChI is InChI=1S/C21H18ClFN4OS2/c22-17-3-1-4-18-20(17)25-21(30-18)27(11-2-10-26-12-9-24-14-26)19(28)13-29-16-7-5-15(23)6-8-16/h1,3-9,12,14H,2,10-11,13H2. The van der Waals surface area contributed by atoms with Crippen molar-refractivity contribution in [1.82, 2.24) is 14.5 Å². The first-order valence-electron chi connectivity index (χ1n) is 9.30. The summed E-state index contributed by atoms with van der Waals surface area (Å²) in [6, 6.07) is 11.8. The van der Waals surface area contributed by atoms with Gasteiger partial charge in [0.25, 0.3) is 0 Å². The van der Waals surface area contributed by atoms with Crippen molar-refractivity contribution in [3.63, 3.8) is 0 Å². The van der Waals surface area contributed by atoms with Crippen LogP contribution < -0.4 is 4.90 Å². The highest BCUT2D eigenvalue weighted by Gasteiger charge is 2.20. The number of carbonyl (C=O) groups excluding carboxylic acids is 1. The van der Waals surface area contributed by atoms with Crippen molar-refractivity contribution in [2.75, 3.05) is 17.2 Å². The van der Waals surface area contributed by atoms with Crippen molar-refractivity contribution in [3.05, 3.63) is 72.0 Å². The highest BCUT2D eigenvalue weighted by molar-refractivity contribution is 8.00. The molecule has 0 unspecified atom stereocenters. The Morgan fingerprint density at radius 2 is 2.07 bits per heavy atom. The van der Waals surface area contributed by atoms with Crippen molar-refractivity contribution in [3.8, 4) is 0 Å². The van der Waals surface area contributed by atoms with Crippen LogP contribution in [0.1, 0.15) is 6.42 Å². The molecule has 9 heteroatoms. The summed E-state index contributed by atoms with van der Waals surface area (Å²) in [4.78, 5) is 24.3. The molecule has 154 valence electrons. The summed E-state index contributed by atoms with van der Waals surface area (Å²) < 4.78 is 16.0. The summed E-state index contributed by atoms with van der Waals surface area (Å²) in [6.07, 6.45) is 6.15. The Labute approximate surface area is 186 Å². The predicted molar refractivity (Wildman–Crippen MR) is 121 cm³/mol. The van der Waals surface area contributed by atoms with Gasteiger partial charge < -0.3 is 4.57 Å². The quantitative estimate of drug-likeness (QED) is 0.326. The average molecular weight is 461 g/mol. The number of carbonyl (C=O) groups is 1. The topological polar surface area (TPSA) is 51.0 Å². The molecule has 5 nitrogen and oxygen atoms in total. The number of amides is 1. The first-order chi connectivity index (χ1) is 14.6. The van der Waals surface area contributed by atoms with Crippen molar-refractivity contribution in [2.24, 2.45) is 0 Å². The molecule has 2 aromatic heterocycles. The smallest absolute Gasteiger partial charge is 0.239 e. The van der Waals surface area contributed by atoms with Crippen LogP contribution in [-0.4, -0.2) is 32.7 Å². The van der Waals surface area contributed by atoms with Gasteiger partial charge in [0.05, 0.1) is 21.8 Å². The molecule has 0 bridgehead atoms. The molecule has 30 heavy (non-hydrogen) atoms. The Balaban J connectivity index is 1.51. The SMILES string of the molecule is O=C(CSc1ccc(F)cc1)N(CCCn1ccnc1)c1nc2c(Cl)cccc2s1. The van der Waals surface area contributed by atoms with E-state index in [2.05, 4.69) is 9.97 Å². The second-order valence-electron chi connectivity index (χ2n) is 6.53. The third-order valence-corrected chi connectivity index (χ3v) is 6.77. The van der Waals surface area contributed by atoms with Crippen LogP contribution in [0.25, 0.3) is 10.2 Å². The van der Waals surface area contributed by atoms with E-state index in [9.17, 15) is 9.18 Å². The third-order valence-electron chi connectivity index (χ3n) is 4.42. The minimum absolute atomic E-state index is 0.0508. The molecule has 0 fully saturated rings. The van der Waals surface area contributed by atoms with E-state index in [0.29, 0.717) is 22.2 Å². The van der Waals surface area contributed by atoms with Crippen LogP contribution in [0.4, 0.5) is 9.52 Å².